The lowest BCUT2D eigenvalue weighted by molar-refractivity contribution is -0.121. The fourth-order valence-electron chi connectivity index (χ4n) is 3.05. The molecule has 6 nitrogen and oxygen atoms in total. The molecule has 0 fully saturated rings. The number of benzene rings is 2. The van der Waals surface area contributed by atoms with Gasteiger partial charge in [0.1, 0.15) is 17.9 Å². The molecule has 0 saturated heterocycles. The molecule has 4 aromatic rings. The van der Waals surface area contributed by atoms with Crippen LogP contribution in [0, 0.1) is 0 Å². The van der Waals surface area contributed by atoms with Crippen molar-refractivity contribution < 1.29 is 9.53 Å². The van der Waals surface area contributed by atoms with Crippen molar-refractivity contribution in [3.8, 4) is 11.6 Å². The summed E-state index contributed by atoms with van der Waals surface area (Å²) in [4.78, 5) is 20.9. The quantitative estimate of drug-likeness (QED) is 0.424. The number of carbonyl (C=O) groups excluding carboxylic acids is 1. The molecule has 7 heteroatoms. The topological polar surface area (TPSA) is 69.0 Å². The standard InChI is InChI=1S/C23H21ClN4O2/c24-18-8-10-19(11-9-18)30-13-3-6-23(29)26-15-17-7-12-22(25-14-17)28-16-27-20-4-1-2-5-21(20)28/h1-2,4-5,7-12,14,16H,3,6,13,15H2,(H,26,29). The monoisotopic (exact) mass is 420 g/mol. The number of aromatic nitrogens is 3. The summed E-state index contributed by atoms with van der Waals surface area (Å²) >= 11 is 5.84. The molecule has 30 heavy (non-hydrogen) atoms. The maximum absolute atomic E-state index is 12.1. The second kappa shape index (κ2) is 9.41. The number of ether oxygens (including phenoxy) is 1. The van der Waals surface area contributed by atoms with Crippen LogP contribution in [-0.4, -0.2) is 27.0 Å². The normalized spacial score (nSPS) is 10.8. The fraction of sp³-hybridized carbons (Fsp3) is 0.174. The molecule has 0 aliphatic carbocycles. The number of hydrogen-bond acceptors (Lipinski definition) is 4. The summed E-state index contributed by atoms with van der Waals surface area (Å²) in [5.74, 6) is 1.52. The van der Waals surface area contributed by atoms with Gasteiger partial charge in [-0.05, 0) is 54.4 Å². The zero-order valence-electron chi connectivity index (χ0n) is 16.3. The smallest absolute Gasteiger partial charge is 0.220 e. The van der Waals surface area contributed by atoms with E-state index in [0.29, 0.717) is 31.0 Å². The maximum Gasteiger partial charge on any atom is 0.220 e. The number of pyridine rings is 1. The highest BCUT2D eigenvalue weighted by Gasteiger charge is 2.06. The Hall–Kier alpha value is -3.38. The van der Waals surface area contributed by atoms with Crippen molar-refractivity contribution in [1.29, 1.82) is 0 Å². The van der Waals surface area contributed by atoms with Gasteiger partial charge in [0.05, 0.1) is 17.6 Å². The lowest BCUT2D eigenvalue weighted by Gasteiger charge is -2.08. The first-order valence-electron chi connectivity index (χ1n) is 9.71. The van der Waals surface area contributed by atoms with Crippen LogP contribution in [0.2, 0.25) is 5.02 Å². The van der Waals surface area contributed by atoms with E-state index in [1.54, 1.807) is 24.7 Å². The van der Waals surface area contributed by atoms with E-state index in [9.17, 15) is 4.79 Å². The molecule has 2 heterocycles. The van der Waals surface area contributed by atoms with Gasteiger partial charge in [-0.15, -0.1) is 0 Å². The van der Waals surface area contributed by atoms with Crippen LogP contribution in [0.15, 0.2) is 73.2 Å². The second-order valence-electron chi connectivity index (χ2n) is 6.81. The molecule has 4 rings (SSSR count). The van der Waals surface area contributed by atoms with Gasteiger partial charge in [0.25, 0.3) is 0 Å². The van der Waals surface area contributed by atoms with Gasteiger partial charge in [-0.3, -0.25) is 9.36 Å². The molecule has 0 aliphatic rings. The van der Waals surface area contributed by atoms with Crippen molar-refractivity contribution in [3.63, 3.8) is 0 Å². The molecule has 0 spiro atoms. The number of nitrogens with one attached hydrogen (secondary N) is 1. The van der Waals surface area contributed by atoms with E-state index in [1.165, 1.54) is 0 Å². The number of hydrogen-bond donors (Lipinski definition) is 1. The second-order valence-corrected chi connectivity index (χ2v) is 7.25. The molecule has 0 radical (unpaired) electrons. The van der Waals surface area contributed by atoms with Gasteiger partial charge >= 0.3 is 0 Å². The molecule has 1 N–H and O–H groups in total. The number of para-hydroxylation sites is 2. The Balaban J connectivity index is 1.23. The van der Waals surface area contributed by atoms with Crippen molar-refractivity contribution in [1.82, 2.24) is 19.9 Å². The van der Waals surface area contributed by atoms with Crippen molar-refractivity contribution in [3.05, 3.63) is 83.8 Å². The lowest BCUT2D eigenvalue weighted by Crippen LogP contribution is -2.23. The van der Waals surface area contributed by atoms with E-state index in [2.05, 4.69) is 15.3 Å². The average Bonchev–Trinajstić information content (AvgIpc) is 3.21. The van der Waals surface area contributed by atoms with Gasteiger partial charge in [0, 0.05) is 24.2 Å². The van der Waals surface area contributed by atoms with Crippen LogP contribution in [-0.2, 0) is 11.3 Å². The molecule has 0 saturated carbocycles. The fourth-order valence-corrected chi connectivity index (χ4v) is 3.17. The average molecular weight is 421 g/mol. The minimum Gasteiger partial charge on any atom is -0.494 e. The SMILES string of the molecule is O=C(CCCOc1ccc(Cl)cc1)NCc1ccc(-n2cnc3ccccc32)nc1. The van der Waals surface area contributed by atoms with Gasteiger partial charge in [-0.2, -0.15) is 0 Å². The summed E-state index contributed by atoms with van der Waals surface area (Å²) in [5.41, 5.74) is 2.87. The first-order chi connectivity index (χ1) is 14.7. The first kappa shape index (κ1) is 19.9. The number of fused-ring (bicyclic) bond motifs is 1. The van der Waals surface area contributed by atoms with Gasteiger partial charge in [-0.25, -0.2) is 9.97 Å². The highest BCUT2D eigenvalue weighted by molar-refractivity contribution is 6.30. The number of imidazole rings is 1. The minimum atomic E-state index is -0.0145. The Morgan fingerprint density at radius 3 is 2.67 bits per heavy atom. The Labute approximate surface area is 179 Å². The molecular formula is C23H21ClN4O2. The van der Waals surface area contributed by atoms with E-state index in [0.717, 1.165) is 28.2 Å². The molecule has 2 aromatic carbocycles. The van der Waals surface area contributed by atoms with Crippen LogP contribution in [0.5, 0.6) is 5.75 Å². The van der Waals surface area contributed by atoms with E-state index in [-0.39, 0.29) is 5.91 Å². The van der Waals surface area contributed by atoms with Gasteiger partial charge in [0.15, 0.2) is 0 Å². The van der Waals surface area contributed by atoms with E-state index in [4.69, 9.17) is 16.3 Å². The van der Waals surface area contributed by atoms with Crippen molar-refractivity contribution in [2.45, 2.75) is 19.4 Å². The number of carbonyl (C=O) groups is 1. The van der Waals surface area contributed by atoms with Crippen LogP contribution in [0.4, 0.5) is 0 Å². The molecule has 0 aliphatic heterocycles. The third-order valence-corrected chi connectivity index (χ3v) is 4.88. The highest BCUT2D eigenvalue weighted by Crippen LogP contribution is 2.17. The zero-order valence-corrected chi connectivity index (χ0v) is 17.0. The van der Waals surface area contributed by atoms with Crippen LogP contribution in [0.1, 0.15) is 18.4 Å². The molecule has 152 valence electrons. The lowest BCUT2D eigenvalue weighted by atomic mass is 10.2. The van der Waals surface area contributed by atoms with Crippen molar-refractivity contribution in [2.75, 3.05) is 6.61 Å². The Morgan fingerprint density at radius 1 is 1.03 bits per heavy atom. The highest BCUT2D eigenvalue weighted by atomic mass is 35.5. The summed E-state index contributed by atoms with van der Waals surface area (Å²) < 4.78 is 7.54. The molecular weight excluding hydrogens is 400 g/mol. The van der Waals surface area contributed by atoms with Crippen LogP contribution >= 0.6 is 11.6 Å². The summed E-state index contributed by atoms with van der Waals surface area (Å²) in [6, 6.07) is 19.0. The third-order valence-electron chi connectivity index (χ3n) is 4.63. The van der Waals surface area contributed by atoms with Crippen molar-refractivity contribution >= 4 is 28.5 Å². The van der Waals surface area contributed by atoms with Crippen molar-refractivity contribution in [2.24, 2.45) is 0 Å². The minimum absolute atomic E-state index is 0.0145. The third kappa shape index (κ3) is 4.96. The molecule has 1 amide bonds. The molecule has 0 unspecified atom stereocenters. The van der Waals surface area contributed by atoms with Crippen LogP contribution < -0.4 is 10.1 Å². The van der Waals surface area contributed by atoms with Gasteiger partial charge in [0.2, 0.25) is 5.91 Å². The predicted octanol–water partition coefficient (Wildman–Crippen LogP) is 4.55. The predicted molar refractivity (Wildman–Crippen MR) is 117 cm³/mol. The number of halogens is 1. The summed E-state index contributed by atoms with van der Waals surface area (Å²) in [6.07, 6.45) is 4.58. The summed E-state index contributed by atoms with van der Waals surface area (Å²) in [6.45, 7) is 0.916. The van der Waals surface area contributed by atoms with E-state index >= 15 is 0 Å². The largest absolute Gasteiger partial charge is 0.494 e. The Morgan fingerprint density at radius 2 is 1.87 bits per heavy atom. The summed E-state index contributed by atoms with van der Waals surface area (Å²) in [7, 11) is 0. The molecule has 0 atom stereocenters. The number of amides is 1. The maximum atomic E-state index is 12.1. The van der Waals surface area contributed by atoms with Crippen LogP contribution in [0.3, 0.4) is 0 Å². The van der Waals surface area contributed by atoms with E-state index < -0.39 is 0 Å². The Bertz CT molecular complexity index is 1120. The first-order valence-corrected chi connectivity index (χ1v) is 10.1. The molecule has 2 aromatic heterocycles. The van der Waals surface area contributed by atoms with Crippen LogP contribution in [0.25, 0.3) is 16.9 Å². The number of nitrogens with zero attached hydrogens (tertiary/aromatic N) is 3. The number of rotatable bonds is 8. The zero-order chi connectivity index (χ0) is 20.8. The Kier molecular flexibility index (Phi) is 6.25. The molecule has 0 bridgehead atoms. The van der Waals surface area contributed by atoms with E-state index in [1.807, 2.05) is 53.1 Å². The van der Waals surface area contributed by atoms with Gasteiger partial charge in [-0.1, -0.05) is 29.8 Å². The van der Waals surface area contributed by atoms with Gasteiger partial charge < -0.3 is 10.1 Å². The summed E-state index contributed by atoms with van der Waals surface area (Å²) in [5, 5.41) is 3.59.